The van der Waals surface area contributed by atoms with E-state index in [2.05, 4.69) is 22.0 Å². The van der Waals surface area contributed by atoms with E-state index in [-0.39, 0.29) is 5.91 Å². The van der Waals surface area contributed by atoms with Gasteiger partial charge in [0.2, 0.25) is 5.91 Å². The zero-order valence-corrected chi connectivity index (χ0v) is 15.1. The lowest BCUT2D eigenvalue weighted by molar-refractivity contribution is -0.116. The van der Waals surface area contributed by atoms with Crippen LogP contribution in [0.1, 0.15) is 18.3 Å². The molecule has 0 unspecified atom stereocenters. The summed E-state index contributed by atoms with van der Waals surface area (Å²) in [7, 11) is 1.68. The number of imidazole rings is 1. The van der Waals surface area contributed by atoms with E-state index in [1.165, 1.54) is 6.08 Å². The maximum atomic E-state index is 11.6. The highest BCUT2D eigenvalue weighted by Crippen LogP contribution is 2.23. The molecule has 3 aromatic rings. The van der Waals surface area contributed by atoms with Crippen LogP contribution in [0.4, 0.5) is 0 Å². The molecule has 0 fully saturated rings. The van der Waals surface area contributed by atoms with Crippen LogP contribution in [0.2, 0.25) is 0 Å². The van der Waals surface area contributed by atoms with Gasteiger partial charge in [0.1, 0.15) is 11.6 Å². The van der Waals surface area contributed by atoms with Crippen molar-refractivity contribution in [2.24, 2.45) is 0 Å². The number of amides is 1. The summed E-state index contributed by atoms with van der Waals surface area (Å²) >= 11 is 0. The lowest BCUT2D eigenvalue weighted by Crippen LogP contribution is -2.24. The second-order valence-corrected chi connectivity index (χ2v) is 5.96. The molecule has 0 saturated carbocycles. The predicted octanol–water partition coefficient (Wildman–Crippen LogP) is 3.33. The monoisotopic (exact) mass is 349 g/mol. The van der Waals surface area contributed by atoms with Crippen molar-refractivity contribution in [3.8, 4) is 5.75 Å². The largest absolute Gasteiger partial charge is 0.496 e. The Bertz CT molecular complexity index is 928. The predicted molar refractivity (Wildman–Crippen MR) is 103 cm³/mol. The fraction of sp³-hybridized carbons (Fsp3) is 0.238. The third-order valence-corrected chi connectivity index (χ3v) is 4.22. The molecule has 1 amide bonds. The standard InChI is InChI=1S/C21H23N3O2/c1-3-8-21(25)22-14-13-20-23-17-10-5-6-11-18(17)24(20)15-16-9-4-7-12-19(16)26-2/h3-12H,13-15H2,1-2H3,(H,22,25)/b8-3+. The quantitative estimate of drug-likeness (QED) is 0.666. The van der Waals surface area contributed by atoms with Crippen LogP contribution in [0, 0.1) is 0 Å². The number of hydrogen-bond donors (Lipinski definition) is 1. The minimum Gasteiger partial charge on any atom is -0.496 e. The van der Waals surface area contributed by atoms with Gasteiger partial charge in [-0.2, -0.15) is 0 Å². The van der Waals surface area contributed by atoms with Crippen LogP contribution in [0.5, 0.6) is 5.75 Å². The Labute approximate surface area is 153 Å². The smallest absolute Gasteiger partial charge is 0.243 e. The van der Waals surface area contributed by atoms with Gasteiger partial charge < -0.3 is 14.6 Å². The fourth-order valence-corrected chi connectivity index (χ4v) is 3.00. The highest BCUT2D eigenvalue weighted by molar-refractivity contribution is 5.87. The van der Waals surface area contributed by atoms with Crippen LogP contribution in [0.3, 0.4) is 0 Å². The summed E-state index contributed by atoms with van der Waals surface area (Å²) in [6.07, 6.45) is 3.91. The van der Waals surface area contributed by atoms with Crippen molar-refractivity contribution in [2.45, 2.75) is 19.9 Å². The van der Waals surface area contributed by atoms with Crippen LogP contribution < -0.4 is 10.1 Å². The van der Waals surface area contributed by atoms with E-state index in [9.17, 15) is 4.79 Å². The molecule has 5 heteroatoms. The SMILES string of the molecule is C/C=C/C(=O)NCCc1nc2ccccc2n1Cc1ccccc1OC. The van der Waals surface area contributed by atoms with Crippen LogP contribution >= 0.6 is 0 Å². The lowest BCUT2D eigenvalue weighted by atomic mass is 10.2. The number of hydrogen-bond acceptors (Lipinski definition) is 3. The summed E-state index contributed by atoms with van der Waals surface area (Å²) in [6, 6.07) is 16.1. The van der Waals surface area contributed by atoms with E-state index >= 15 is 0 Å². The molecular weight excluding hydrogens is 326 g/mol. The van der Waals surface area contributed by atoms with Gasteiger partial charge in [0.05, 0.1) is 24.7 Å². The lowest BCUT2D eigenvalue weighted by Gasteiger charge is -2.12. The number of nitrogens with one attached hydrogen (secondary N) is 1. The topological polar surface area (TPSA) is 56.2 Å². The Kier molecular flexibility index (Phi) is 5.69. The number of nitrogens with zero attached hydrogens (tertiary/aromatic N) is 2. The zero-order valence-electron chi connectivity index (χ0n) is 15.1. The number of fused-ring (bicyclic) bond motifs is 1. The van der Waals surface area contributed by atoms with Crippen molar-refractivity contribution in [2.75, 3.05) is 13.7 Å². The number of carbonyl (C=O) groups is 1. The second kappa shape index (κ2) is 8.34. The molecule has 1 aromatic heterocycles. The van der Waals surface area contributed by atoms with Crippen LogP contribution in [-0.2, 0) is 17.8 Å². The summed E-state index contributed by atoms with van der Waals surface area (Å²) in [5, 5.41) is 2.89. The number of methoxy groups -OCH3 is 1. The average Bonchev–Trinajstić information content (AvgIpc) is 3.00. The first-order valence-electron chi connectivity index (χ1n) is 8.69. The minimum atomic E-state index is -0.0834. The van der Waals surface area contributed by atoms with E-state index in [1.807, 2.05) is 43.3 Å². The first kappa shape index (κ1) is 17.7. The first-order valence-corrected chi connectivity index (χ1v) is 8.69. The van der Waals surface area contributed by atoms with Gasteiger partial charge in [0.15, 0.2) is 0 Å². The van der Waals surface area contributed by atoms with Gasteiger partial charge in [-0.15, -0.1) is 0 Å². The zero-order chi connectivity index (χ0) is 18.4. The molecule has 26 heavy (non-hydrogen) atoms. The normalized spacial score (nSPS) is 11.2. The van der Waals surface area contributed by atoms with Crippen LogP contribution in [0.15, 0.2) is 60.7 Å². The number of carbonyl (C=O) groups excluding carboxylic acids is 1. The molecule has 3 rings (SSSR count). The molecular formula is C21H23N3O2. The molecule has 0 bridgehead atoms. The third kappa shape index (κ3) is 3.94. The van der Waals surface area contributed by atoms with Gasteiger partial charge in [-0.3, -0.25) is 4.79 Å². The molecule has 0 aliphatic rings. The van der Waals surface area contributed by atoms with Crippen LogP contribution in [-0.4, -0.2) is 29.1 Å². The number of allylic oxidation sites excluding steroid dienone is 1. The van der Waals surface area contributed by atoms with Crippen molar-refractivity contribution in [3.05, 3.63) is 72.1 Å². The number of aromatic nitrogens is 2. The molecule has 2 aromatic carbocycles. The van der Waals surface area contributed by atoms with Crippen molar-refractivity contribution in [1.82, 2.24) is 14.9 Å². The highest BCUT2D eigenvalue weighted by atomic mass is 16.5. The van der Waals surface area contributed by atoms with Crippen molar-refractivity contribution in [1.29, 1.82) is 0 Å². The molecule has 0 atom stereocenters. The number of rotatable bonds is 7. The summed E-state index contributed by atoms with van der Waals surface area (Å²) < 4.78 is 7.68. The molecule has 1 heterocycles. The summed E-state index contributed by atoms with van der Waals surface area (Å²) in [5.41, 5.74) is 3.13. The minimum absolute atomic E-state index is 0.0834. The van der Waals surface area contributed by atoms with E-state index in [0.29, 0.717) is 19.5 Å². The molecule has 0 spiro atoms. The number of para-hydroxylation sites is 3. The highest BCUT2D eigenvalue weighted by Gasteiger charge is 2.12. The van der Waals surface area contributed by atoms with E-state index < -0.39 is 0 Å². The van der Waals surface area contributed by atoms with Gasteiger partial charge in [-0.25, -0.2) is 4.98 Å². The second-order valence-electron chi connectivity index (χ2n) is 5.96. The van der Waals surface area contributed by atoms with Gasteiger partial charge in [-0.05, 0) is 31.2 Å². The summed E-state index contributed by atoms with van der Waals surface area (Å²) in [4.78, 5) is 16.4. The average molecular weight is 349 g/mol. The van der Waals surface area contributed by atoms with Crippen LogP contribution in [0.25, 0.3) is 11.0 Å². The maximum Gasteiger partial charge on any atom is 0.243 e. The summed E-state index contributed by atoms with van der Waals surface area (Å²) in [5.74, 6) is 1.72. The number of ether oxygens (including phenoxy) is 1. The Morgan fingerprint density at radius 3 is 2.77 bits per heavy atom. The van der Waals surface area contributed by atoms with E-state index in [0.717, 1.165) is 28.2 Å². The van der Waals surface area contributed by atoms with E-state index in [4.69, 9.17) is 9.72 Å². The molecule has 5 nitrogen and oxygen atoms in total. The Hall–Kier alpha value is -3.08. The van der Waals surface area contributed by atoms with Gasteiger partial charge in [-0.1, -0.05) is 36.4 Å². The van der Waals surface area contributed by atoms with Crippen molar-refractivity contribution >= 4 is 16.9 Å². The molecule has 0 saturated heterocycles. The molecule has 1 N–H and O–H groups in total. The molecule has 0 aliphatic heterocycles. The molecule has 0 aliphatic carbocycles. The Balaban J connectivity index is 1.88. The fourth-order valence-electron chi connectivity index (χ4n) is 3.00. The Morgan fingerprint density at radius 1 is 1.19 bits per heavy atom. The van der Waals surface area contributed by atoms with E-state index in [1.54, 1.807) is 13.2 Å². The molecule has 0 radical (unpaired) electrons. The van der Waals surface area contributed by atoms with Gasteiger partial charge in [0, 0.05) is 18.5 Å². The maximum absolute atomic E-state index is 11.6. The van der Waals surface area contributed by atoms with Gasteiger partial charge >= 0.3 is 0 Å². The third-order valence-electron chi connectivity index (χ3n) is 4.22. The summed E-state index contributed by atoms with van der Waals surface area (Å²) in [6.45, 7) is 3.04. The number of benzene rings is 2. The molecule has 134 valence electrons. The van der Waals surface area contributed by atoms with Crippen molar-refractivity contribution < 1.29 is 9.53 Å². The van der Waals surface area contributed by atoms with Gasteiger partial charge in [0.25, 0.3) is 0 Å². The van der Waals surface area contributed by atoms with Crippen molar-refractivity contribution in [3.63, 3.8) is 0 Å². The Morgan fingerprint density at radius 2 is 1.96 bits per heavy atom. The first-order chi connectivity index (χ1) is 12.7.